The normalized spacial score (nSPS) is 12.7. The number of rotatable bonds is 8. The Morgan fingerprint density at radius 1 is 1.33 bits per heavy atom. The highest BCUT2D eigenvalue weighted by atomic mass is 79.9. The summed E-state index contributed by atoms with van der Waals surface area (Å²) in [7, 11) is 1.73. The third kappa shape index (κ3) is 5.85. The zero-order valence-electron chi connectivity index (χ0n) is 11.3. The van der Waals surface area contributed by atoms with Crippen LogP contribution in [0.1, 0.15) is 13.8 Å². The number of benzene rings is 1. The maximum atomic E-state index is 5.66. The average molecular weight is 316 g/mol. The Balaban J connectivity index is 2.25. The highest BCUT2D eigenvalue weighted by Gasteiger charge is 2.11. The first kappa shape index (κ1) is 15.5. The van der Waals surface area contributed by atoms with Crippen LogP contribution in [0.2, 0.25) is 0 Å². The average Bonchev–Trinajstić information content (AvgIpc) is 2.33. The van der Waals surface area contributed by atoms with Crippen molar-refractivity contribution in [3.05, 3.63) is 28.7 Å². The van der Waals surface area contributed by atoms with Crippen molar-refractivity contribution in [2.75, 3.05) is 26.9 Å². The minimum Gasteiger partial charge on any atom is -0.492 e. The largest absolute Gasteiger partial charge is 0.492 e. The molecule has 0 aromatic heterocycles. The zero-order valence-corrected chi connectivity index (χ0v) is 12.9. The lowest BCUT2D eigenvalue weighted by molar-refractivity contribution is 0.144. The van der Waals surface area contributed by atoms with Gasteiger partial charge >= 0.3 is 0 Å². The summed E-state index contributed by atoms with van der Waals surface area (Å²) in [6.07, 6.45) is 0. The molecule has 0 aliphatic rings. The molecule has 0 aliphatic carbocycles. The van der Waals surface area contributed by atoms with Gasteiger partial charge in [-0.2, -0.15) is 0 Å². The lowest BCUT2D eigenvalue weighted by Gasteiger charge is -2.21. The van der Waals surface area contributed by atoms with Gasteiger partial charge < -0.3 is 14.8 Å². The summed E-state index contributed by atoms with van der Waals surface area (Å²) in [5, 5.41) is 3.44. The lowest BCUT2D eigenvalue weighted by Crippen LogP contribution is -2.39. The summed E-state index contributed by atoms with van der Waals surface area (Å²) >= 11 is 3.42. The van der Waals surface area contributed by atoms with Gasteiger partial charge in [0.05, 0.1) is 6.61 Å². The Labute approximate surface area is 118 Å². The van der Waals surface area contributed by atoms with Gasteiger partial charge in [0.15, 0.2) is 0 Å². The van der Waals surface area contributed by atoms with E-state index < -0.39 is 0 Å². The standard InChI is InChI=1S/C14H22BrNO2/c1-11(2)14(10-17-3)16-7-8-18-13-6-4-5-12(15)9-13/h4-6,9,11,14,16H,7-8,10H2,1-3H3. The second kappa shape index (κ2) is 8.51. The van der Waals surface area contributed by atoms with Crippen molar-refractivity contribution in [3.63, 3.8) is 0 Å². The van der Waals surface area contributed by atoms with E-state index in [1.165, 1.54) is 0 Å². The molecule has 0 fully saturated rings. The fourth-order valence-corrected chi connectivity index (χ4v) is 2.01. The molecule has 0 radical (unpaired) electrons. The first-order valence-corrected chi connectivity index (χ1v) is 7.03. The third-order valence-electron chi connectivity index (χ3n) is 2.72. The van der Waals surface area contributed by atoms with Crippen molar-refractivity contribution in [2.24, 2.45) is 5.92 Å². The SMILES string of the molecule is COCC(NCCOc1cccc(Br)c1)C(C)C. The van der Waals surface area contributed by atoms with E-state index in [0.29, 0.717) is 18.6 Å². The molecule has 0 amide bonds. The molecule has 1 aromatic rings. The van der Waals surface area contributed by atoms with Gasteiger partial charge in [-0.3, -0.25) is 0 Å². The number of hydrogen-bond acceptors (Lipinski definition) is 3. The molecule has 3 nitrogen and oxygen atoms in total. The van der Waals surface area contributed by atoms with Crippen molar-refractivity contribution in [2.45, 2.75) is 19.9 Å². The van der Waals surface area contributed by atoms with E-state index >= 15 is 0 Å². The van der Waals surface area contributed by atoms with Gasteiger partial charge in [-0.05, 0) is 24.1 Å². The predicted octanol–water partition coefficient (Wildman–Crippen LogP) is 3.09. The monoisotopic (exact) mass is 315 g/mol. The predicted molar refractivity (Wildman–Crippen MR) is 78.1 cm³/mol. The van der Waals surface area contributed by atoms with Crippen LogP contribution in [0.5, 0.6) is 5.75 Å². The zero-order chi connectivity index (χ0) is 13.4. The van der Waals surface area contributed by atoms with Gasteiger partial charge in [0, 0.05) is 24.2 Å². The van der Waals surface area contributed by atoms with Crippen molar-refractivity contribution >= 4 is 15.9 Å². The molecule has 1 aromatic carbocycles. The Bertz CT molecular complexity index is 344. The van der Waals surface area contributed by atoms with Crippen molar-refractivity contribution in [1.82, 2.24) is 5.32 Å². The van der Waals surface area contributed by atoms with E-state index in [-0.39, 0.29) is 0 Å². The Hall–Kier alpha value is -0.580. The van der Waals surface area contributed by atoms with E-state index in [1.54, 1.807) is 7.11 Å². The maximum Gasteiger partial charge on any atom is 0.120 e. The van der Waals surface area contributed by atoms with E-state index in [1.807, 2.05) is 24.3 Å². The van der Waals surface area contributed by atoms with Gasteiger partial charge in [0.1, 0.15) is 12.4 Å². The topological polar surface area (TPSA) is 30.5 Å². The lowest BCUT2D eigenvalue weighted by atomic mass is 10.1. The molecule has 0 aliphatic heterocycles. The first-order chi connectivity index (χ1) is 8.63. The van der Waals surface area contributed by atoms with Crippen LogP contribution in [-0.4, -0.2) is 32.9 Å². The van der Waals surface area contributed by atoms with E-state index in [4.69, 9.17) is 9.47 Å². The summed E-state index contributed by atoms with van der Waals surface area (Å²) in [5.74, 6) is 1.44. The van der Waals surface area contributed by atoms with Crippen LogP contribution in [0.4, 0.5) is 0 Å². The van der Waals surface area contributed by atoms with E-state index in [2.05, 4.69) is 35.1 Å². The first-order valence-electron chi connectivity index (χ1n) is 6.24. The number of ether oxygens (including phenoxy) is 2. The van der Waals surface area contributed by atoms with Gasteiger partial charge in [0.2, 0.25) is 0 Å². The molecular weight excluding hydrogens is 294 g/mol. The van der Waals surface area contributed by atoms with Gasteiger partial charge in [-0.25, -0.2) is 0 Å². The third-order valence-corrected chi connectivity index (χ3v) is 3.22. The summed E-state index contributed by atoms with van der Waals surface area (Å²) in [6, 6.07) is 8.25. The highest BCUT2D eigenvalue weighted by Crippen LogP contribution is 2.17. The van der Waals surface area contributed by atoms with E-state index in [0.717, 1.165) is 23.4 Å². The van der Waals surface area contributed by atoms with Crippen LogP contribution in [0.25, 0.3) is 0 Å². The molecule has 0 saturated heterocycles. The molecule has 0 heterocycles. The Morgan fingerprint density at radius 2 is 2.11 bits per heavy atom. The summed E-state index contributed by atoms with van der Waals surface area (Å²) in [6.45, 7) is 6.58. The molecule has 1 rings (SSSR count). The molecule has 0 spiro atoms. The van der Waals surface area contributed by atoms with Crippen molar-refractivity contribution < 1.29 is 9.47 Å². The molecular formula is C14H22BrNO2. The number of halogens is 1. The van der Waals surface area contributed by atoms with Crippen LogP contribution >= 0.6 is 15.9 Å². The minimum atomic E-state index is 0.376. The fourth-order valence-electron chi connectivity index (χ4n) is 1.64. The van der Waals surface area contributed by atoms with Crippen LogP contribution < -0.4 is 10.1 Å². The fraction of sp³-hybridized carbons (Fsp3) is 0.571. The summed E-state index contributed by atoms with van der Waals surface area (Å²) < 4.78 is 11.9. The second-order valence-corrected chi connectivity index (χ2v) is 5.48. The highest BCUT2D eigenvalue weighted by molar-refractivity contribution is 9.10. The smallest absolute Gasteiger partial charge is 0.120 e. The maximum absolute atomic E-state index is 5.66. The van der Waals surface area contributed by atoms with Crippen LogP contribution in [0.3, 0.4) is 0 Å². The van der Waals surface area contributed by atoms with Crippen molar-refractivity contribution in [1.29, 1.82) is 0 Å². The number of hydrogen-bond donors (Lipinski definition) is 1. The molecule has 102 valence electrons. The Kier molecular flexibility index (Phi) is 7.32. The van der Waals surface area contributed by atoms with Gasteiger partial charge in [-0.15, -0.1) is 0 Å². The van der Waals surface area contributed by atoms with Crippen molar-refractivity contribution in [3.8, 4) is 5.75 Å². The summed E-state index contributed by atoms with van der Waals surface area (Å²) in [5.41, 5.74) is 0. The van der Waals surface area contributed by atoms with E-state index in [9.17, 15) is 0 Å². The Morgan fingerprint density at radius 3 is 2.72 bits per heavy atom. The molecule has 18 heavy (non-hydrogen) atoms. The van der Waals surface area contributed by atoms with Crippen LogP contribution in [0, 0.1) is 5.92 Å². The minimum absolute atomic E-state index is 0.376. The van der Waals surface area contributed by atoms with Crippen LogP contribution in [-0.2, 0) is 4.74 Å². The van der Waals surface area contributed by atoms with Gasteiger partial charge in [0.25, 0.3) is 0 Å². The molecule has 1 atom stereocenters. The van der Waals surface area contributed by atoms with Crippen LogP contribution in [0.15, 0.2) is 28.7 Å². The number of methoxy groups -OCH3 is 1. The van der Waals surface area contributed by atoms with Gasteiger partial charge in [-0.1, -0.05) is 35.8 Å². The molecule has 1 unspecified atom stereocenters. The second-order valence-electron chi connectivity index (χ2n) is 4.57. The molecule has 0 bridgehead atoms. The molecule has 4 heteroatoms. The molecule has 1 N–H and O–H groups in total. The quantitative estimate of drug-likeness (QED) is 0.748. The number of nitrogens with one attached hydrogen (secondary N) is 1. The molecule has 0 saturated carbocycles. The summed E-state index contributed by atoms with van der Waals surface area (Å²) in [4.78, 5) is 0.